The van der Waals surface area contributed by atoms with Crippen molar-refractivity contribution in [3.05, 3.63) is 106 Å². The molecule has 1 unspecified atom stereocenters. The number of hydrogen-bond acceptors (Lipinski definition) is 6. The van der Waals surface area contributed by atoms with Crippen LogP contribution in [0, 0.1) is 6.92 Å². The number of halogens is 1. The molecule has 7 nitrogen and oxygen atoms in total. The number of rotatable bonds is 6. The quantitative estimate of drug-likeness (QED) is 0.351. The molecule has 0 saturated carbocycles. The van der Waals surface area contributed by atoms with Crippen LogP contribution in [0.5, 0.6) is 0 Å². The van der Waals surface area contributed by atoms with Gasteiger partial charge < -0.3 is 14.8 Å². The Kier molecular flexibility index (Phi) is 6.48. The topological polar surface area (TPSA) is 78.3 Å². The molecule has 4 aromatic rings. The monoisotopic (exact) mass is 500 g/mol. The zero-order chi connectivity index (χ0) is 25.2. The van der Waals surface area contributed by atoms with E-state index in [9.17, 15) is 4.79 Å². The molecule has 1 N–H and O–H groups in total. The van der Waals surface area contributed by atoms with Gasteiger partial charge in [-0.3, -0.25) is 9.55 Å². The molecule has 1 aliphatic rings. The van der Waals surface area contributed by atoms with E-state index >= 15 is 0 Å². The number of ether oxygens (including phenoxy) is 2. The van der Waals surface area contributed by atoms with E-state index < -0.39 is 11.9 Å². The predicted molar refractivity (Wildman–Crippen MR) is 140 cm³/mol. The summed E-state index contributed by atoms with van der Waals surface area (Å²) < 4.78 is 13.1. The number of nitrogens with one attached hydrogen (secondary N) is 1. The van der Waals surface area contributed by atoms with Gasteiger partial charge in [0.25, 0.3) is 0 Å². The van der Waals surface area contributed by atoms with E-state index in [-0.39, 0.29) is 6.61 Å². The van der Waals surface area contributed by atoms with Crippen LogP contribution in [0.3, 0.4) is 0 Å². The average Bonchev–Trinajstić information content (AvgIpc) is 3.24. The number of allylic oxidation sites excluding steroid dienone is 1. The second-order valence-electron chi connectivity index (χ2n) is 8.27. The molecule has 0 spiro atoms. The van der Waals surface area contributed by atoms with Gasteiger partial charge in [-0.2, -0.15) is 0 Å². The molecule has 5 rings (SSSR count). The number of benzene rings is 2. The second kappa shape index (κ2) is 9.87. The molecule has 0 fully saturated rings. The summed E-state index contributed by atoms with van der Waals surface area (Å²) in [5.41, 5.74) is 5.43. The summed E-state index contributed by atoms with van der Waals surface area (Å²) in [7, 11) is 1.58. The zero-order valence-electron chi connectivity index (χ0n) is 20.2. The molecule has 1 atom stereocenters. The molecular formula is C28H25ClN4O3. The van der Waals surface area contributed by atoms with Crippen LogP contribution < -0.4 is 5.32 Å². The van der Waals surface area contributed by atoms with Crippen molar-refractivity contribution in [3.63, 3.8) is 0 Å². The highest BCUT2D eigenvalue weighted by Gasteiger charge is 2.32. The lowest BCUT2D eigenvalue weighted by Gasteiger charge is -2.28. The summed E-state index contributed by atoms with van der Waals surface area (Å²) >= 11 is 6.55. The van der Waals surface area contributed by atoms with Crippen LogP contribution in [0.1, 0.15) is 29.8 Å². The Bertz CT molecular complexity index is 1510. The number of carbonyl (C=O) groups excluding carboxylic acids is 1. The summed E-state index contributed by atoms with van der Waals surface area (Å²) in [6, 6.07) is 17.3. The zero-order valence-corrected chi connectivity index (χ0v) is 20.9. The second-order valence-corrected chi connectivity index (χ2v) is 8.68. The molecule has 3 heterocycles. The fourth-order valence-corrected chi connectivity index (χ4v) is 4.79. The summed E-state index contributed by atoms with van der Waals surface area (Å²) in [6.07, 6.45) is 5.35. The molecule has 1 aliphatic heterocycles. The van der Waals surface area contributed by atoms with Crippen molar-refractivity contribution in [1.29, 1.82) is 0 Å². The molecule has 2 aromatic heterocycles. The Balaban J connectivity index is 1.64. The van der Waals surface area contributed by atoms with Crippen LogP contribution >= 0.6 is 11.6 Å². The Labute approximate surface area is 214 Å². The molecule has 36 heavy (non-hydrogen) atoms. The summed E-state index contributed by atoms with van der Waals surface area (Å²) in [5.74, 6) is 0.521. The Morgan fingerprint density at radius 3 is 2.64 bits per heavy atom. The van der Waals surface area contributed by atoms with Crippen molar-refractivity contribution in [1.82, 2.24) is 19.9 Å². The minimum absolute atomic E-state index is 0.256. The highest BCUT2D eigenvalue weighted by molar-refractivity contribution is 6.31. The molecule has 0 aliphatic carbocycles. The third-order valence-corrected chi connectivity index (χ3v) is 6.48. The van der Waals surface area contributed by atoms with Crippen molar-refractivity contribution in [2.45, 2.75) is 19.8 Å². The molecule has 0 saturated heterocycles. The predicted octanol–water partition coefficient (Wildman–Crippen LogP) is 5.53. The van der Waals surface area contributed by atoms with Gasteiger partial charge in [-0.15, -0.1) is 0 Å². The first kappa shape index (κ1) is 23.6. The summed E-state index contributed by atoms with van der Waals surface area (Å²) in [4.78, 5) is 22.0. The maximum absolute atomic E-state index is 13.3. The van der Waals surface area contributed by atoms with Gasteiger partial charge in [0.2, 0.25) is 0 Å². The number of aromatic nitrogens is 3. The molecule has 182 valence electrons. The van der Waals surface area contributed by atoms with Gasteiger partial charge in [0.1, 0.15) is 11.3 Å². The molecule has 0 amide bonds. The number of dihydropyridines is 1. The minimum atomic E-state index is -0.448. The first-order chi connectivity index (χ1) is 17.5. The highest BCUT2D eigenvalue weighted by atomic mass is 35.5. The first-order valence-electron chi connectivity index (χ1n) is 11.6. The van der Waals surface area contributed by atoms with Gasteiger partial charge in [0, 0.05) is 22.8 Å². The van der Waals surface area contributed by atoms with E-state index in [0.29, 0.717) is 22.2 Å². The van der Waals surface area contributed by atoms with Crippen LogP contribution in [0.2, 0.25) is 5.02 Å². The fourth-order valence-electron chi connectivity index (χ4n) is 4.54. The van der Waals surface area contributed by atoms with Gasteiger partial charge in [-0.05, 0) is 55.3 Å². The number of hydrogen-bond donors (Lipinski definition) is 1. The fraction of sp³-hybridized carbons (Fsp3) is 0.179. The molecule has 0 bridgehead atoms. The lowest BCUT2D eigenvalue weighted by Crippen LogP contribution is -2.27. The maximum Gasteiger partial charge on any atom is 0.337 e. The van der Waals surface area contributed by atoms with Crippen LogP contribution in [-0.4, -0.2) is 34.2 Å². The van der Waals surface area contributed by atoms with Gasteiger partial charge in [0.05, 0.1) is 36.7 Å². The highest BCUT2D eigenvalue weighted by Crippen LogP contribution is 2.39. The van der Waals surface area contributed by atoms with E-state index in [1.807, 2.05) is 67.6 Å². The van der Waals surface area contributed by atoms with Crippen molar-refractivity contribution < 1.29 is 14.3 Å². The normalized spacial score (nSPS) is 15.4. The van der Waals surface area contributed by atoms with E-state index in [0.717, 1.165) is 33.7 Å². The first-order valence-corrected chi connectivity index (χ1v) is 12.0. The van der Waals surface area contributed by atoms with Crippen LogP contribution in [0.15, 0.2) is 84.5 Å². The number of pyridine rings is 1. The molecule has 2 aromatic carbocycles. The smallest absolute Gasteiger partial charge is 0.337 e. The summed E-state index contributed by atoms with van der Waals surface area (Å²) in [5, 5.41) is 3.83. The number of carbonyl (C=O) groups is 1. The SMILES string of the molecule is CCOC(=O)C1=C(c2ccc(-n3c(C)nc4cnccc43)cc2)NC(OC)=CC1c1ccccc1Cl. The summed E-state index contributed by atoms with van der Waals surface area (Å²) in [6.45, 7) is 4.01. The van der Waals surface area contributed by atoms with Gasteiger partial charge in [0.15, 0.2) is 5.88 Å². The van der Waals surface area contributed by atoms with Gasteiger partial charge >= 0.3 is 5.97 Å². The van der Waals surface area contributed by atoms with Crippen LogP contribution in [-0.2, 0) is 14.3 Å². The van der Waals surface area contributed by atoms with Crippen molar-refractivity contribution in [2.24, 2.45) is 0 Å². The lowest BCUT2D eigenvalue weighted by molar-refractivity contribution is -0.138. The average molecular weight is 501 g/mol. The van der Waals surface area contributed by atoms with Crippen molar-refractivity contribution >= 4 is 34.3 Å². The molecule has 0 radical (unpaired) electrons. The van der Waals surface area contributed by atoms with Crippen molar-refractivity contribution in [3.8, 4) is 5.69 Å². The van der Waals surface area contributed by atoms with E-state index in [4.69, 9.17) is 21.1 Å². The Morgan fingerprint density at radius 1 is 1.14 bits per heavy atom. The Hall–Kier alpha value is -4.10. The van der Waals surface area contributed by atoms with E-state index in [1.54, 1.807) is 26.4 Å². The number of aryl methyl sites for hydroxylation is 1. The van der Waals surface area contributed by atoms with Gasteiger partial charge in [-0.25, -0.2) is 9.78 Å². The number of imidazole rings is 1. The third kappa shape index (κ3) is 4.22. The van der Waals surface area contributed by atoms with Crippen LogP contribution in [0.25, 0.3) is 22.4 Å². The third-order valence-electron chi connectivity index (χ3n) is 6.14. The van der Waals surface area contributed by atoms with E-state index in [1.165, 1.54) is 0 Å². The maximum atomic E-state index is 13.3. The number of nitrogens with zero attached hydrogens (tertiary/aromatic N) is 3. The number of esters is 1. The lowest BCUT2D eigenvalue weighted by atomic mass is 9.86. The standard InChI is InChI=1S/C28H25ClN4O3/c1-4-36-28(34)26-21(20-7-5-6-8-22(20)29)15-25(35-3)32-27(26)18-9-11-19(12-10-18)33-17(2)31-23-16-30-14-13-24(23)33/h5-16,21,32H,4H2,1-3H3. The van der Waals surface area contributed by atoms with E-state index in [2.05, 4.69) is 19.9 Å². The number of fused-ring (bicyclic) bond motifs is 1. The largest absolute Gasteiger partial charge is 0.482 e. The van der Waals surface area contributed by atoms with Crippen LogP contribution in [0.4, 0.5) is 0 Å². The minimum Gasteiger partial charge on any atom is -0.482 e. The number of methoxy groups -OCH3 is 1. The molecular weight excluding hydrogens is 476 g/mol. The van der Waals surface area contributed by atoms with Crippen molar-refractivity contribution in [2.75, 3.05) is 13.7 Å². The van der Waals surface area contributed by atoms with Gasteiger partial charge in [-0.1, -0.05) is 41.9 Å². The Morgan fingerprint density at radius 2 is 1.92 bits per heavy atom. The molecule has 8 heteroatoms.